The minimum absolute atomic E-state index is 0.145. The van der Waals surface area contributed by atoms with Gasteiger partial charge in [-0.25, -0.2) is 8.78 Å². The van der Waals surface area contributed by atoms with Crippen molar-refractivity contribution >= 4 is 5.78 Å². The monoisotopic (exact) mass is 269 g/mol. The van der Waals surface area contributed by atoms with E-state index in [9.17, 15) is 13.6 Å². The Kier molecular flexibility index (Phi) is 5.60. The third kappa shape index (κ3) is 5.47. The van der Waals surface area contributed by atoms with Gasteiger partial charge >= 0.3 is 0 Å². The predicted octanol–water partition coefficient (Wildman–Crippen LogP) is 3.42. The zero-order valence-corrected chi connectivity index (χ0v) is 11.6. The van der Waals surface area contributed by atoms with E-state index in [4.69, 9.17) is 0 Å². The molecule has 1 N–H and O–H groups in total. The molecule has 0 bridgehead atoms. The lowest BCUT2D eigenvalue weighted by atomic mass is 9.87. The minimum Gasteiger partial charge on any atom is -0.304 e. The van der Waals surface area contributed by atoms with Crippen LogP contribution in [0.1, 0.15) is 32.8 Å². The summed E-state index contributed by atoms with van der Waals surface area (Å²) in [6, 6.07) is 8.22. The molecule has 1 aromatic rings. The fourth-order valence-electron chi connectivity index (χ4n) is 1.60. The maximum absolute atomic E-state index is 12.9. The highest BCUT2D eigenvalue weighted by Crippen LogP contribution is 2.20. The van der Waals surface area contributed by atoms with Crippen molar-refractivity contribution < 1.29 is 13.6 Å². The Morgan fingerprint density at radius 2 is 1.79 bits per heavy atom. The number of halogens is 2. The zero-order valence-electron chi connectivity index (χ0n) is 11.6. The van der Waals surface area contributed by atoms with E-state index in [0.29, 0.717) is 6.54 Å². The van der Waals surface area contributed by atoms with Crippen molar-refractivity contribution in [3.05, 3.63) is 35.9 Å². The Bertz CT molecular complexity index is 398. The summed E-state index contributed by atoms with van der Waals surface area (Å²) in [5.41, 5.74) is 0.345. The van der Waals surface area contributed by atoms with Crippen molar-refractivity contribution in [2.75, 3.05) is 0 Å². The molecule has 1 aromatic carbocycles. The molecular formula is C15H21F2NO. The van der Waals surface area contributed by atoms with Gasteiger partial charge in [-0.05, 0) is 5.56 Å². The van der Waals surface area contributed by atoms with Gasteiger partial charge in [-0.15, -0.1) is 0 Å². The highest BCUT2D eigenvalue weighted by atomic mass is 19.3. The summed E-state index contributed by atoms with van der Waals surface area (Å²) >= 11 is 0. The van der Waals surface area contributed by atoms with Gasteiger partial charge in [-0.1, -0.05) is 51.1 Å². The summed E-state index contributed by atoms with van der Waals surface area (Å²) in [6.07, 6.45) is -2.69. The fraction of sp³-hybridized carbons (Fsp3) is 0.533. The molecule has 1 atom stereocenters. The van der Waals surface area contributed by atoms with Crippen LogP contribution in [-0.2, 0) is 11.3 Å². The normalized spacial score (nSPS) is 13.6. The van der Waals surface area contributed by atoms with Crippen molar-refractivity contribution in [3.8, 4) is 0 Å². The van der Waals surface area contributed by atoms with Crippen LogP contribution in [0.5, 0.6) is 0 Å². The van der Waals surface area contributed by atoms with Crippen LogP contribution in [0.2, 0.25) is 0 Å². The molecule has 0 aliphatic heterocycles. The topological polar surface area (TPSA) is 29.1 Å². The van der Waals surface area contributed by atoms with E-state index in [2.05, 4.69) is 5.32 Å². The molecule has 106 valence electrons. The Labute approximate surface area is 113 Å². The average molecular weight is 269 g/mol. The van der Waals surface area contributed by atoms with Gasteiger partial charge in [0, 0.05) is 18.4 Å². The first-order chi connectivity index (χ1) is 8.80. The zero-order chi connectivity index (χ0) is 14.5. The number of nitrogens with one attached hydrogen (secondary N) is 1. The smallest absolute Gasteiger partial charge is 0.254 e. The highest BCUT2D eigenvalue weighted by Gasteiger charge is 2.28. The Morgan fingerprint density at radius 1 is 1.21 bits per heavy atom. The van der Waals surface area contributed by atoms with Crippen molar-refractivity contribution in [1.82, 2.24) is 5.32 Å². The molecule has 0 aliphatic carbocycles. The predicted molar refractivity (Wildman–Crippen MR) is 72.2 cm³/mol. The summed E-state index contributed by atoms with van der Waals surface area (Å²) in [6.45, 7) is 5.58. The Balaban J connectivity index is 2.57. The molecule has 2 nitrogen and oxygen atoms in total. The average Bonchev–Trinajstić information content (AvgIpc) is 2.33. The van der Waals surface area contributed by atoms with Crippen LogP contribution in [0.3, 0.4) is 0 Å². The quantitative estimate of drug-likeness (QED) is 0.857. The number of carbonyl (C=O) groups excluding carboxylic acids is 1. The first kappa shape index (κ1) is 15.8. The molecular weight excluding hydrogens is 248 g/mol. The molecule has 19 heavy (non-hydrogen) atoms. The van der Waals surface area contributed by atoms with E-state index in [1.165, 1.54) is 0 Å². The summed E-state index contributed by atoms with van der Waals surface area (Å²) in [4.78, 5) is 11.8. The SMILES string of the molecule is CC(C)(C)C(=O)CC(NCc1ccccc1)C(F)F. The van der Waals surface area contributed by atoms with Crippen molar-refractivity contribution in [3.63, 3.8) is 0 Å². The molecule has 0 fully saturated rings. The molecule has 0 saturated heterocycles. The largest absolute Gasteiger partial charge is 0.304 e. The third-order valence-electron chi connectivity index (χ3n) is 2.96. The summed E-state index contributed by atoms with van der Waals surface area (Å²) in [7, 11) is 0. The summed E-state index contributed by atoms with van der Waals surface area (Å²) in [5.74, 6) is -0.154. The van der Waals surface area contributed by atoms with E-state index in [1.54, 1.807) is 20.8 Å². The standard InChI is InChI=1S/C15H21F2NO/c1-15(2,3)13(19)9-12(14(16)17)18-10-11-7-5-4-6-8-11/h4-8,12,14,18H,9-10H2,1-3H3. The maximum atomic E-state index is 12.9. The number of hydrogen-bond acceptors (Lipinski definition) is 2. The van der Waals surface area contributed by atoms with Crippen LogP contribution >= 0.6 is 0 Å². The van der Waals surface area contributed by atoms with Crippen LogP contribution < -0.4 is 5.32 Å². The van der Waals surface area contributed by atoms with Gasteiger partial charge < -0.3 is 5.32 Å². The first-order valence-corrected chi connectivity index (χ1v) is 6.39. The molecule has 0 aromatic heterocycles. The number of ketones is 1. The highest BCUT2D eigenvalue weighted by molar-refractivity contribution is 5.84. The first-order valence-electron chi connectivity index (χ1n) is 6.39. The second kappa shape index (κ2) is 6.75. The van der Waals surface area contributed by atoms with E-state index >= 15 is 0 Å². The van der Waals surface area contributed by atoms with Gasteiger partial charge in [0.25, 0.3) is 6.43 Å². The van der Waals surface area contributed by atoms with Gasteiger partial charge in [0.2, 0.25) is 0 Å². The van der Waals surface area contributed by atoms with E-state index in [-0.39, 0.29) is 12.2 Å². The van der Waals surface area contributed by atoms with Crippen LogP contribution in [0.25, 0.3) is 0 Å². The van der Waals surface area contributed by atoms with Crippen molar-refractivity contribution in [2.24, 2.45) is 5.41 Å². The minimum atomic E-state index is -2.55. The molecule has 0 heterocycles. The van der Waals surface area contributed by atoms with E-state index in [1.807, 2.05) is 30.3 Å². The van der Waals surface area contributed by atoms with Crippen molar-refractivity contribution in [1.29, 1.82) is 0 Å². The van der Waals surface area contributed by atoms with Crippen LogP contribution in [0, 0.1) is 5.41 Å². The lowest BCUT2D eigenvalue weighted by Crippen LogP contribution is -2.39. The number of alkyl halides is 2. The van der Waals surface area contributed by atoms with Gasteiger partial charge in [0.05, 0.1) is 6.04 Å². The molecule has 4 heteroatoms. The van der Waals surface area contributed by atoms with E-state index < -0.39 is 17.9 Å². The van der Waals surface area contributed by atoms with Crippen molar-refractivity contribution in [2.45, 2.75) is 46.2 Å². The second-order valence-electron chi connectivity index (χ2n) is 5.68. The number of hydrogen-bond donors (Lipinski definition) is 1. The molecule has 0 aliphatic rings. The van der Waals surface area contributed by atoms with Gasteiger partial charge in [0.1, 0.15) is 5.78 Å². The molecule has 1 rings (SSSR count). The van der Waals surface area contributed by atoms with Crippen LogP contribution in [0.4, 0.5) is 8.78 Å². The Hall–Kier alpha value is -1.29. The molecule has 0 saturated carbocycles. The van der Waals surface area contributed by atoms with Crippen LogP contribution in [-0.4, -0.2) is 18.3 Å². The number of benzene rings is 1. The summed E-state index contributed by atoms with van der Waals surface area (Å²) in [5, 5.41) is 2.77. The fourth-order valence-corrected chi connectivity index (χ4v) is 1.60. The lowest BCUT2D eigenvalue weighted by Gasteiger charge is -2.22. The molecule has 0 spiro atoms. The molecule has 1 unspecified atom stereocenters. The lowest BCUT2D eigenvalue weighted by molar-refractivity contribution is -0.127. The molecule has 0 amide bonds. The maximum Gasteiger partial charge on any atom is 0.254 e. The number of carbonyl (C=O) groups is 1. The number of Topliss-reactive ketones (excluding diaryl/α,β-unsaturated/α-hetero) is 1. The van der Waals surface area contributed by atoms with Gasteiger partial charge in [-0.2, -0.15) is 0 Å². The second-order valence-corrected chi connectivity index (χ2v) is 5.68. The number of rotatable bonds is 6. The van der Waals surface area contributed by atoms with Crippen LogP contribution in [0.15, 0.2) is 30.3 Å². The van der Waals surface area contributed by atoms with E-state index in [0.717, 1.165) is 5.56 Å². The van der Waals surface area contributed by atoms with Gasteiger partial charge in [0.15, 0.2) is 0 Å². The third-order valence-corrected chi connectivity index (χ3v) is 2.96. The summed E-state index contributed by atoms with van der Waals surface area (Å²) < 4.78 is 25.9. The van der Waals surface area contributed by atoms with Gasteiger partial charge in [-0.3, -0.25) is 4.79 Å². The Morgan fingerprint density at radius 3 is 2.26 bits per heavy atom. The molecule has 0 radical (unpaired) electrons.